The first-order valence-corrected chi connectivity index (χ1v) is 14.7. The molecule has 0 amide bonds. The van der Waals surface area contributed by atoms with E-state index in [1.165, 1.54) is 12.8 Å². The number of aliphatic hydroxyl groups is 1. The van der Waals surface area contributed by atoms with Crippen LogP contribution in [-0.4, -0.2) is 71.5 Å². The number of nitrogens with zero attached hydrogens (tertiary/aromatic N) is 5. The molecule has 1 aliphatic heterocycles. The van der Waals surface area contributed by atoms with Crippen molar-refractivity contribution in [2.75, 3.05) is 41.7 Å². The van der Waals surface area contributed by atoms with Crippen molar-refractivity contribution in [2.45, 2.75) is 45.2 Å². The van der Waals surface area contributed by atoms with E-state index >= 15 is 0 Å². The highest BCUT2D eigenvalue weighted by molar-refractivity contribution is 7.92. The molecule has 0 bridgehead atoms. The Morgan fingerprint density at radius 2 is 1.85 bits per heavy atom. The van der Waals surface area contributed by atoms with Crippen LogP contribution in [0.5, 0.6) is 6.01 Å². The molecule has 0 radical (unpaired) electrons. The van der Waals surface area contributed by atoms with Crippen molar-refractivity contribution in [3.05, 3.63) is 42.4 Å². The van der Waals surface area contributed by atoms with Crippen molar-refractivity contribution in [1.29, 1.82) is 0 Å². The molecule has 1 saturated heterocycles. The van der Waals surface area contributed by atoms with Crippen molar-refractivity contribution in [1.82, 2.24) is 19.7 Å². The molecule has 0 atom stereocenters. The Bertz CT molecular complexity index is 1460. The fraction of sp³-hybridized carbons (Fsp3) is 0.500. The molecule has 2 aliphatic rings. The van der Waals surface area contributed by atoms with Crippen molar-refractivity contribution in [2.24, 2.45) is 5.41 Å². The van der Waals surface area contributed by atoms with Crippen LogP contribution in [0.15, 0.2) is 36.7 Å². The molecule has 14 heteroatoms. The smallest absolute Gasteiger partial charge is 0.392 e. The molecule has 3 heterocycles. The molecule has 2 N–H and O–H groups in total. The predicted octanol–water partition coefficient (Wildman–Crippen LogP) is 4.08. The Kier molecular flexibility index (Phi) is 7.66. The number of alkyl halides is 3. The van der Waals surface area contributed by atoms with Crippen molar-refractivity contribution >= 4 is 21.4 Å². The number of rotatable bonds is 10. The second-order valence-electron chi connectivity index (χ2n) is 10.4. The number of ether oxygens (including phenoxy) is 1. The van der Waals surface area contributed by atoms with E-state index in [1.807, 2.05) is 0 Å². The molecule has 40 heavy (non-hydrogen) atoms. The van der Waals surface area contributed by atoms with Gasteiger partial charge in [-0.15, -0.1) is 0 Å². The molecular weight excluding hydrogens is 549 g/mol. The van der Waals surface area contributed by atoms with Crippen molar-refractivity contribution < 1.29 is 31.4 Å². The van der Waals surface area contributed by atoms with Gasteiger partial charge in [0.2, 0.25) is 10.0 Å². The topological polar surface area (TPSA) is 122 Å². The lowest BCUT2D eigenvalue weighted by molar-refractivity contribution is -0.139. The van der Waals surface area contributed by atoms with Crippen molar-refractivity contribution in [3.8, 4) is 23.0 Å². The standard InChI is InChI=1S/C26H31F3N6O4S/c1-18-14-21(32-24(31-18)39-12-8-26(27,28)29)19-16-30-35(17-19)22-3-2-20(33-40(37,38)13-11-36)15-23(22)34-9-6-25(4-5-25)7-10-34/h2-3,14-17,33,36H,4-13H2,1H3. The second kappa shape index (κ2) is 10.9. The molecule has 1 saturated carbocycles. The fourth-order valence-electron chi connectivity index (χ4n) is 4.88. The van der Waals surface area contributed by atoms with E-state index in [0.29, 0.717) is 28.1 Å². The highest BCUT2D eigenvalue weighted by Crippen LogP contribution is 2.54. The van der Waals surface area contributed by atoms with Gasteiger partial charge in [-0.3, -0.25) is 4.72 Å². The Balaban J connectivity index is 1.43. The van der Waals surface area contributed by atoms with Gasteiger partial charge in [-0.25, -0.2) is 18.1 Å². The summed E-state index contributed by atoms with van der Waals surface area (Å²) in [5, 5.41) is 13.6. The van der Waals surface area contributed by atoms with E-state index in [-0.39, 0.29) is 6.01 Å². The average molecular weight is 581 g/mol. The minimum atomic E-state index is -4.34. The predicted molar refractivity (Wildman–Crippen MR) is 143 cm³/mol. The zero-order chi connectivity index (χ0) is 28.5. The summed E-state index contributed by atoms with van der Waals surface area (Å²) in [6, 6.07) is 6.74. The van der Waals surface area contributed by atoms with Crippen LogP contribution in [0.1, 0.15) is 37.8 Å². The zero-order valence-corrected chi connectivity index (χ0v) is 22.8. The molecule has 1 aliphatic carbocycles. The summed E-state index contributed by atoms with van der Waals surface area (Å²) in [4.78, 5) is 10.6. The third-order valence-electron chi connectivity index (χ3n) is 7.31. The Labute approximate surface area is 230 Å². The van der Waals surface area contributed by atoms with Gasteiger partial charge in [-0.1, -0.05) is 0 Å². The number of piperidine rings is 1. The third kappa shape index (κ3) is 6.84. The van der Waals surface area contributed by atoms with E-state index in [4.69, 9.17) is 9.84 Å². The number of benzene rings is 1. The van der Waals surface area contributed by atoms with E-state index in [1.54, 1.807) is 48.3 Å². The van der Waals surface area contributed by atoms with Gasteiger partial charge in [-0.2, -0.15) is 23.3 Å². The van der Waals surface area contributed by atoms with Gasteiger partial charge in [0.15, 0.2) is 0 Å². The second-order valence-corrected chi connectivity index (χ2v) is 12.2. The Morgan fingerprint density at radius 3 is 2.52 bits per heavy atom. The van der Waals surface area contributed by atoms with E-state index in [0.717, 1.165) is 37.3 Å². The van der Waals surface area contributed by atoms with Crippen LogP contribution in [0.25, 0.3) is 16.9 Å². The quantitative estimate of drug-likeness (QED) is 0.368. The van der Waals surface area contributed by atoms with E-state index in [2.05, 4.69) is 24.7 Å². The summed E-state index contributed by atoms with van der Waals surface area (Å²) >= 11 is 0. The summed E-state index contributed by atoms with van der Waals surface area (Å²) in [6.07, 6.45) is 2.52. The monoisotopic (exact) mass is 580 g/mol. The first kappa shape index (κ1) is 28.1. The van der Waals surface area contributed by atoms with Crippen LogP contribution in [0, 0.1) is 12.3 Å². The lowest BCUT2D eigenvalue weighted by atomic mass is 9.93. The molecule has 5 rings (SSSR count). The van der Waals surface area contributed by atoms with Crippen LogP contribution >= 0.6 is 0 Å². The maximum Gasteiger partial charge on any atom is 0.392 e. The van der Waals surface area contributed by atoms with E-state index < -0.39 is 41.6 Å². The number of hydrogen-bond donors (Lipinski definition) is 2. The first-order valence-electron chi connectivity index (χ1n) is 13.1. The zero-order valence-electron chi connectivity index (χ0n) is 22.0. The van der Waals surface area contributed by atoms with Gasteiger partial charge in [0.25, 0.3) is 0 Å². The van der Waals surface area contributed by atoms with Gasteiger partial charge in [0, 0.05) is 30.5 Å². The largest absolute Gasteiger partial charge is 0.463 e. The number of aromatic nitrogens is 4. The summed E-state index contributed by atoms with van der Waals surface area (Å²) in [6.45, 7) is 2.29. The van der Waals surface area contributed by atoms with Crippen LogP contribution in [-0.2, 0) is 10.0 Å². The normalized spacial score (nSPS) is 16.8. The summed E-state index contributed by atoms with van der Waals surface area (Å²) in [5.74, 6) is -0.404. The SMILES string of the molecule is Cc1cc(-c2cnn(-c3ccc(NS(=O)(=O)CCO)cc3N3CCC4(CC3)CC4)c2)nc(OCCC(F)(F)F)n1. The van der Waals surface area contributed by atoms with Gasteiger partial charge < -0.3 is 14.7 Å². The number of hydrogen-bond acceptors (Lipinski definition) is 8. The molecule has 2 fully saturated rings. The fourth-order valence-corrected chi connectivity index (χ4v) is 5.71. The Morgan fingerprint density at radius 1 is 1.10 bits per heavy atom. The minimum Gasteiger partial charge on any atom is -0.463 e. The van der Waals surface area contributed by atoms with Gasteiger partial charge in [-0.05, 0) is 62.3 Å². The van der Waals surface area contributed by atoms with Crippen molar-refractivity contribution in [3.63, 3.8) is 0 Å². The van der Waals surface area contributed by atoms with Crippen LogP contribution < -0.4 is 14.4 Å². The first-order chi connectivity index (χ1) is 18.9. The molecule has 1 aromatic carbocycles. The number of sulfonamides is 1. The number of aryl methyl sites for hydroxylation is 1. The molecule has 1 spiro atoms. The van der Waals surface area contributed by atoms with Gasteiger partial charge in [0.05, 0.1) is 47.7 Å². The Hall–Kier alpha value is -3.39. The number of aliphatic hydroxyl groups excluding tert-OH is 1. The van der Waals surface area contributed by atoms with E-state index in [9.17, 15) is 21.6 Å². The van der Waals surface area contributed by atoms with Crippen LogP contribution in [0.4, 0.5) is 24.5 Å². The molecule has 3 aromatic rings. The number of halogens is 3. The third-order valence-corrected chi connectivity index (χ3v) is 8.57. The highest BCUT2D eigenvalue weighted by Gasteiger charge is 2.44. The van der Waals surface area contributed by atoms with Gasteiger partial charge in [0.1, 0.15) is 6.61 Å². The van der Waals surface area contributed by atoms with Gasteiger partial charge >= 0.3 is 12.2 Å². The highest BCUT2D eigenvalue weighted by atomic mass is 32.2. The molecule has 2 aromatic heterocycles. The summed E-state index contributed by atoms with van der Waals surface area (Å²) < 4.78 is 71.5. The minimum absolute atomic E-state index is 0.144. The number of anilines is 2. The summed E-state index contributed by atoms with van der Waals surface area (Å²) in [5.41, 5.74) is 3.96. The molecule has 216 valence electrons. The maximum absolute atomic E-state index is 12.5. The van der Waals surface area contributed by atoms with Crippen LogP contribution in [0.2, 0.25) is 0 Å². The lowest BCUT2D eigenvalue weighted by Crippen LogP contribution is -2.35. The lowest BCUT2D eigenvalue weighted by Gasteiger charge is -2.35. The molecule has 10 nitrogen and oxygen atoms in total. The summed E-state index contributed by atoms with van der Waals surface area (Å²) in [7, 11) is -3.70. The molecular formula is C26H31F3N6O4S. The number of nitrogens with one attached hydrogen (secondary N) is 1. The average Bonchev–Trinajstić information content (AvgIpc) is 3.43. The molecule has 0 unspecified atom stereocenters. The van der Waals surface area contributed by atoms with Crippen LogP contribution in [0.3, 0.4) is 0 Å². The maximum atomic E-state index is 12.5.